The Bertz CT molecular complexity index is 391. The van der Waals surface area contributed by atoms with E-state index in [2.05, 4.69) is 15.3 Å². The summed E-state index contributed by atoms with van der Waals surface area (Å²) < 4.78 is 0. The number of rotatable bonds is 4. The zero-order valence-electron chi connectivity index (χ0n) is 8.89. The molecule has 86 valence electrons. The summed E-state index contributed by atoms with van der Waals surface area (Å²) in [5, 5.41) is 2.71. The van der Waals surface area contributed by atoms with Crippen LogP contribution in [0.15, 0.2) is 12.4 Å². The average molecular weight is 221 g/mol. The first-order valence-electron chi connectivity index (χ1n) is 5.28. The van der Waals surface area contributed by atoms with E-state index in [0.29, 0.717) is 12.5 Å². The lowest BCUT2D eigenvalue weighted by atomic mass is 10.2. The number of hydrogen-bond acceptors (Lipinski definition) is 5. The van der Waals surface area contributed by atoms with Gasteiger partial charge in [0.15, 0.2) is 11.5 Å². The second-order valence-corrected chi connectivity index (χ2v) is 4.00. The minimum atomic E-state index is -0.318. The van der Waals surface area contributed by atoms with Gasteiger partial charge in [-0.05, 0) is 18.8 Å². The van der Waals surface area contributed by atoms with Gasteiger partial charge >= 0.3 is 0 Å². The minimum Gasteiger partial charge on any atom is -0.382 e. The maximum Gasteiger partial charge on any atom is 0.273 e. The first-order chi connectivity index (χ1) is 7.68. The van der Waals surface area contributed by atoms with E-state index in [9.17, 15) is 4.79 Å². The Kier molecular flexibility index (Phi) is 3.00. The van der Waals surface area contributed by atoms with Gasteiger partial charge in [-0.3, -0.25) is 4.79 Å². The van der Waals surface area contributed by atoms with Gasteiger partial charge in [0.05, 0.1) is 0 Å². The van der Waals surface area contributed by atoms with Gasteiger partial charge in [0, 0.05) is 25.0 Å². The van der Waals surface area contributed by atoms with Crippen molar-refractivity contribution >= 4 is 11.7 Å². The summed E-state index contributed by atoms with van der Waals surface area (Å²) >= 11 is 0. The quantitative estimate of drug-likeness (QED) is 0.637. The van der Waals surface area contributed by atoms with Crippen molar-refractivity contribution in [1.29, 1.82) is 0 Å². The molecule has 0 spiro atoms. The Hall–Kier alpha value is -1.69. The van der Waals surface area contributed by atoms with E-state index in [1.165, 1.54) is 12.4 Å². The molecule has 1 amide bonds. The van der Waals surface area contributed by atoms with E-state index in [4.69, 9.17) is 11.5 Å². The zero-order chi connectivity index (χ0) is 11.5. The molecule has 1 aromatic rings. The molecule has 6 heteroatoms. The molecule has 1 heterocycles. The molecule has 1 unspecified atom stereocenters. The van der Waals surface area contributed by atoms with Crippen LogP contribution in [-0.4, -0.2) is 28.5 Å². The van der Waals surface area contributed by atoms with Gasteiger partial charge in [-0.1, -0.05) is 0 Å². The van der Waals surface area contributed by atoms with Crippen molar-refractivity contribution in [2.24, 2.45) is 11.7 Å². The standard InChI is InChI=1S/C10H15N5O/c11-7(6-1-2-6)5-15-10(16)8-9(12)14-4-3-13-8/h3-4,6-7H,1-2,5,11H2,(H2,12,14)(H,15,16). The van der Waals surface area contributed by atoms with Gasteiger partial charge in [-0.15, -0.1) is 0 Å². The highest BCUT2D eigenvalue weighted by Crippen LogP contribution is 2.31. The van der Waals surface area contributed by atoms with Crippen molar-refractivity contribution in [2.45, 2.75) is 18.9 Å². The molecule has 0 aliphatic heterocycles. The first kappa shape index (κ1) is 10.8. The lowest BCUT2D eigenvalue weighted by molar-refractivity contribution is 0.0946. The fraction of sp³-hybridized carbons (Fsp3) is 0.500. The smallest absolute Gasteiger partial charge is 0.273 e. The number of carbonyl (C=O) groups excluding carboxylic acids is 1. The Morgan fingerprint density at radius 3 is 2.81 bits per heavy atom. The molecule has 0 saturated heterocycles. The Morgan fingerprint density at radius 1 is 1.50 bits per heavy atom. The summed E-state index contributed by atoms with van der Waals surface area (Å²) in [6, 6.07) is 0.0295. The molecule has 1 aliphatic carbocycles. The number of anilines is 1. The predicted octanol–water partition coefficient (Wildman–Crippen LogP) is -0.474. The number of nitrogens with two attached hydrogens (primary N) is 2. The summed E-state index contributed by atoms with van der Waals surface area (Å²) in [4.78, 5) is 19.3. The highest BCUT2D eigenvalue weighted by Gasteiger charge is 2.28. The van der Waals surface area contributed by atoms with Crippen LogP contribution in [-0.2, 0) is 0 Å². The number of aromatic nitrogens is 2. The van der Waals surface area contributed by atoms with Crippen molar-refractivity contribution < 1.29 is 4.79 Å². The molecule has 16 heavy (non-hydrogen) atoms. The van der Waals surface area contributed by atoms with Crippen molar-refractivity contribution in [3.8, 4) is 0 Å². The number of amides is 1. The van der Waals surface area contributed by atoms with Crippen LogP contribution in [0, 0.1) is 5.92 Å². The van der Waals surface area contributed by atoms with Gasteiger partial charge < -0.3 is 16.8 Å². The molecule has 2 rings (SSSR count). The summed E-state index contributed by atoms with van der Waals surface area (Å²) in [6.45, 7) is 0.458. The second-order valence-electron chi connectivity index (χ2n) is 4.00. The fourth-order valence-corrected chi connectivity index (χ4v) is 1.51. The number of nitrogens with one attached hydrogen (secondary N) is 1. The lowest BCUT2D eigenvalue weighted by Crippen LogP contribution is -2.39. The minimum absolute atomic E-state index is 0.0295. The average Bonchev–Trinajstić information content (AvgIpc) is 3.10. The van der Waals surface area contributed by atoms with Crippen LogP contribution in [0.2, 0.25) is 0 Å². The third-order valence-electron chi connectivity index (χ3n) is 2.67. The van der Waals surface area contributed by atoms with Crippen LogP contribution in [0.1, 0.15) is 23.3 Å². The van der Waals surface area contributed by atoms with Crippen molar-refractivity contribution in [1.82, 2.24) is 15.3 Å². The SMILES string of the molecule is Nc1nccnc1C(=O)NCC(N)C1CC1. The highest BCUT2D eigenvalue weighted by atomic mass is 16.1. The molecule has 0 aromatic carbocycles. The number of nitrogens with zero attached hydrogens (tertiary/aromatic N) is 2. The molecule has 1 atom stereocenters. The number of hydrogen-bond donors (Lipinski definition) is 3. The van der Waals surface area contributed by atoms with Gasteiger partial charge in [-0.2, -0.15) is 0 Å². The van der Waals surface area contributed by atoms with Crippen LogP contribution in [0.3, 0.4) is 0 Å². The lowest BCUT2D eigenvalue weighted by Gasteiger charge is -2.11. The molecule has 1 saturated carbocycles. The van der Waals surface area contributed by atoms with Crippen LogP contribution >= 0.6 is 0 Å². The Balaban J connectivity index is 1.90. The number of nitrogen functional groups attached to an aromatic ring is 1. The molecule has 0 radical (unpaired) electrons. The highest BCUT2D eigenvalue weighted by molar-refractivity contribution is 5.96. The number of carbonyl (C=O) groups is 1. The molecule has 1 aliphatic rings. The molecule has 1 fully saturated rings. The molecule has 5 N–H and O–H groups in total. The van der Waals surface area contributed by atoms with Gasteiger partial charge in [0.2, 0.25) is 0 Å². The third kappa shape index (κ3) is 2.46. The first-order valence-corrected chi connectivity index (χ1v) is 5.28. The Morgan fingerprint density at radius 2 is 2.19 bits per heavy atom. The van der Waals surface area contributed by atoms with Gasteiger partial charge in [0.1, 0.15) is 0 Å². The van der Waals surface area contributed by atoms with E-state index in [0.717, 1.165) is 12.8 Å². The van der Waals surface area contributed by atoms with Crippen LogP contribution in [0.25, 0.3) is 0 Å². The second kappa shape index (κ2) is 4.44. The zero-order valence-corrected chi connectivity index (χ0v) is 8.89. The van der Waals surface area contributed by atoms with Gasteiger partial charge in [-0.25, -0.2) is 9.97 Å². The third-order valence-corrected chi connectivity index (χ3v) is 2.67. The van der Waals surface area contributed by atoms with Crippen molar-refractivity contribution in [3.63, 3.8) is 0 Å². The molecule has 6 nitrogen and oxygen atoms in total. The Labute approximate surface area is 93.4 Å². The van der Waals surface area contributed by atoms with E-state index in [-0.39, 0.29) is 23.5 Å². The molecular formula is C10H15N5O. The summed E-state index contributed by atoms with van der Waals surface area (Å²) in [7, 11) is 0. The summed E-state index contributed by atoms with van der Waals surface area (Å²) in [6.07, 6.45) is 5.20. The summed E-state index contributed by atoms with van der Waals surface area (Å²) in [5.41, 5.74) is 11.6. The maximum absolute atomic E-state index is 11.7. The molecule has 0 bridgehead atoms. The van der Waals surface area contributed by atoms with Crippen molar-refractivity contribution in [3.05, 3.63) is 18.1 Å². The molecule has 1 aromatic heterocycles. The van der Waals surface area contributed by atoms with E-state index in [1.54, 1.807) is 0 Å². The summed E-state index contributed by atoms with van der Waals surface area (Å²) in [5.74, 6) is 0.376. The molecular weight excluding hydrogens is 206 g/mol. The largest absolute Gasteiger partial charge is 0.382 e. The topological polar surface area (TPSA) is 107 Å². The van der Waals surface area contributed by atoms with Crippen LogP contribution < -0.4 is 16.8 Å². The van der Waals surface area contributed by atoms with E-state index < -0.39 is 0 Å². The predicted molar refractivity (Wildman–Crippen MR) is 59.5 cm³/mol. The fourth-order valence-electron chi connectivity index (χ4n) is 1.51. The van der Waals surface area contributed by atoms with E-state index >= 15 is 0 Å². The monoisotopic (exact) mass is 221 g/mol. The normalized spacial score (nSPS) is 16.8. The van der Waals surface area contributed by atoms with Gasteiger partial charge in [0.25, 0.3) is 5.91 Å². The maximum atomic E-state index is 11.7. The van der Waals surface area contributed by atoms with Crippen LogP contribution in [0.5, 0.6) is 0 Å². The van der Waals surface area contributed by atoms with Crippen LogP contribution in [0.4, 0.5) is 5.82 Å². The van der Waals surface area contributed by atoms with Crippen molar-refractivity contribution in [2.75, 3.05) is 12.3 Å². The van der Waals surface area contributed by atoms with E-state index in [1.807, 2.05) is 0 Å².